The number of nitro benzene ring substituents is 1. The summed E-state index contributed by atoms with van der Waals surface area (Å²) in [5.41, 5.74) is 5.96. The molecule has 2 N–H and O–H groups in total. The summed E-state index contributed by atoms with van der Waals surface area (Å²) in [6.45, 7) is 0. The Balaban J connectivity index is 2.27. The van der Waals surface area contributed by atoms with Gasteiger partial charge in [0.1, 0.15) is 10.0 Å². The van der Waals surface area contributed by atoms with Gasteiger partial charge in [-0.05, 0) is 17.7 Å². The van der Waals surface area contributed by atoms with Gasteiger partial charge in [-0.25, -0.2) is 0 Å². The second-order valence-corrected chi connectivity index (χ2v) is 4.73. The third-order valence-electron chi connectivity index (χ3n) is 2.04. The Kier molecular flexibility index (Phi) is 3.54. The zero-order valence-corrected chi connectivity index (χ0v) is 10.5. The Labute approximate surface area is 111 Å². The summed E-state index contributed by atoms with van der Waals surface area (Å²) in [4.78, 5) is 10.2. The quantitative estimate of drug-likeness (QED) is 0.690. The van der Waals surface area contributed by atoms with Crippen LogP contribution in [-0.4, -0.2) is 15.1 Å². The molecular weight excluding hydrogens is 276 g/mol. The molecule has 2 rings (SSSR count). The molecule has 1 heterocycles. The highest BCUT2D eigenvalue weighted by Crippen LogP contribution is 2.26. The van der Waals surface area contributed by atoms with E-state index in [1.807, 2.05) is 0 Å². The highest BCUT2D eigenvalue weighted by atomic mass is 35.5. The third-order valence-corrected chi connectivity index (χ3v) is 3.08. The van der Waals surface area contributed by atoms with Crippen LogP contribution in [0.2, 0.25) is 5.02 Å². The van der Waals surface area contributed by atoms with E-state index in [4.69, 9.17) is 17.3 Å². The Morgan fingerprint density at radius 2 is 2.17 bits per heavy atom. The zero-order chi connectivity index (χ0) is 13.1. The Hall–Kier alpha value is -1.99. The second-order valence-electron chi connectivity index (χ2n) is 3.28. The maximum Gasteiger partial charge on any atom is 0.288 e. The fourth-order valence-electron chi connectivity index (χ4n) is 1.25. The van der Waals surface area contributed by atoms with Crippen molar-refractivity contribution in [3.63, 3.8) is 0 Å². The van der Waals surface area contributed by atoms with Crippen LogP contribution in [0, 0.1) is 10.1 Å². The molecule has 0 bridgehead atoms. The lowest BCUT2D eigenvalue weighted by Crippen LogP contribution is -1.89. The normalized spacial score (nSPS) is 10.9. The van der Waals surface area contributed by atoms with Gasteiger partial charge < -0.3 is 5.73 Å². The molecule has 8 heteroatoms. The van der Waals surface area contributed by atoms with E-state index in [1.165, 1.54) is 23.5 Å². The van der Waals surface area contributed by atoms with Crippen LogP contribution in [0.3, 0.4) is 0 Å². The Bertz CT molecular complexity index is 626. The predicted molar refractivity (Wildman–Crippen MR) is 71.4 cm³/mol. The van der Waals surface area contributed by atoms with E-state index in [0.717, 1.165) is 0 Å². The van der Waals surface area contributed by atoms with E-state index >= 15 is 0 Å². The van der Waals surface area contributed by atoms with Crippen LogP contribution < -0.4 is 5.73 Å². The van der Waals surface area contributed by atoms with Crippen LogP contribution in [0.15, 0.2) is 18.2 Å². The van der Waals surface area contributed by atoms with Crippen molar-refractivity contribution in [3.8, 4) is 0 Å². The minimum absolute atomic E-state index is 0.109. The second kappa shape index (κ2) is 5.11. The Morgan fingerprint density at radius 3 is 2.78 bits per heavy atom. The molecule has 18 heavy (non-hydrogen) atoms. The SMILES string of the molecule is Nc1nnc(/C=C/c2ccc(Cl)c([N+](=O)[O-])c2)s1. The van der Waals surface area contributed by atoms with Gasteiger partial charge in [-0.3, -0.25) is 10.1 Å². The number of benzene rings is 1. The fraction of sp³-hybridized carbons (Fsp3) is 0. The lowest BCUT2D eigenvalue weighted by Gasteiger charge is -1.96. The number of nitrogens with two attached hydrogens (primary N) is 1. The number of hydrogen-bond donors (Lipinski definition) is 1. The molecular formula is C10H7ClN4O2S. The number of anilines is 1. The number of hydrogen-bond acceptors (Lipinski definition) is 6. The molecule has 92 valence electrons. The molecule has 0 amide bonds. The van der Waals surface area contributed by atoms with Gasteiger partial charge in [-0.15, -0.1) is 10.2 Å². The molecule has 0 aliphatic rings. The predicted octanol–water partition coefficient (Wildman–Crippen LogP) is 2.85. The summed E-state index contributed by atoms with van der Waals surface area (Å²) in [5, 5.41) is 19.3. The molecule has 0 saturated carbocycles. The third kappa shape index (κ3) is 2.82. The smallest absolute Gasteiger partial charge is 0.288 e. The van der Waals surface area contributed by atoms with Crippen molar-refractivity contribution in [1.82, 2.24) is 10.2 Å². The largest absolute Gasteiger partial charge is 0.374 e. The molecule has 1 aromatic carbocycles. The van der Waals surface area contributed by atoms with E-state index in [0.29, 0.717) is 15.7 Å². The number of nitrogens with zero attached hydrogens (tertiary/aromatic N) is 3. The molecule has 0 atom stereocenters. The van der Waals surface area contributed by atoms with Crippen LogP contribution in [0.5, 0.6) is 0 Å². The molecule has 0 fully saturated rings. The summed E-state index contributed by atoms with van der Waals surface area (Å²) in [7, 11) is 0. The van der Waals surface area contributed by atoms with Gasteiger partial charge in [0, 0.05) is 6.07 Å². The molecule has 0 aliphatic heterocycles. The van der Waals surface area contributed by atoms with Gasteiger partial charge in [-0.2, -0.15) is 0 Å². The van der Waals surface area contributed by atoms with Crippen LogP contribution in [-0.2, 0) is 0 Å². The van der Waals surface area contributed by atoms with Crippen molar-refractivity contribution in [2.24, 2.45) is 0 Å². The molecule has 0 spiro atoms. The number of nitro groups is 1. The lowest BCUT2D eigenvalue weighted by atomic mass is 10.2. The van der Waals surface area contributed by atoms with E-state index in [9.17, 15) is 10.1 Å². The van der Waals surface area contributed by atoms with E-state index < -0.39 is 4.92 Å². The van der Waals surface area contributed by atoms with Crippen molar-refractivity contribution >= 4 is 45.9 Å². The molecule has 1 aromatic heterocycles. The van der Waals surface area contributed by atoms with Crippen molar-refractivity contribution < 1.29 is 4.92 Å². The first-order valence-corrected chi connectivity index (χ1v) is 5.97. The van der Waals surface area contributed by atoms with E-state index in [1.54, 1.807) is 18.2 Å². The molecule has 0 radical (unpaired) electrons. The van der Waals surface area contributed by atoms with Gasteiger partial charge >= 0.3 is 0 Å². The van der Waals surface area contributed by atoms with E-state index in [2.05, 4.69) is 10.2 Å². The average Bonchev–Trinajstić information content (AvgIpc) is 2.74. The van der Waals surface area contributed by atoms with Crippen LogP contribution in [0.25, 0.3) is 12.2 Å². The zero-order valence-electron chi connectivity index (χ0n) is 8.91. The average molecular weight is 283 g/mol. The first-order valence-electron chi connectivity index (χ1n) is 4.77. The van der Waals surface area contributed by atoms with Gasteiger partial charge in [0.2, 0.25) is 5.13 Å². The van der Waals surface area contributed by atoms with Gasteiger partial charge in [0.05, 0.1) is 4.92 Å². The minimum atomic E-state index is -0.525. The first kappa shape index (κ1) is 12.5. The van der Waals surface area contributed by atoms with Crippen LogP contribution in [0.4, 0.5) is 10.8 Å². The molecule has 2 aromatic rings. The molecule has 6 nitrogen and oxygen atoms in total. The molecule has 0 unspecified atom stereocenters. The lowest BCUT2D eigenvalue weighted by molar-refractivity contribution is -0.384. The van der Waals surface area contributed by atoms with Crippen LogP contribution >= 0.6 is 22.9 Å². The maximum absolute atomic E-state index is 10.7. The fourth-order valence-corrected chi connectivity index (χ4v) is 1.95. The summed E-state index contributed by atoms with van der Waals surface area (Å²) >= 11 is 6.94. The van der Waals surface area contributed by atoms with Gasteiger partial charge in [0.15, 0.2) is 0 Å². The maximum atomic E-state index is 10.7. The van der Waals surface area contributed by atoms with Gasteiger partial charge in [0.25, 0.3) is 5.69 Å². The standard InChI is InChI=1S/C10H7ClN4O2S/c11-7-3-1-6(5-8(7)15(16)17)2-4-9-13-14-10(12)18-9/h1-5H,(H2,12,14)/b4-2+. The summed E-state index contributed by atoms with van der Waals surface area (Å²) in [6, 6.07) is 4.55. The molecule has 0 aliphatic carbocycles. The summed E-state index contributed by atoms with van der Waals surface area (Å²) in [5.74, 6) is 0. The number of rotatable bonds is 3. The van der Waals surface area contributed by atoms with Crippen molar-refractivity contribution in [3.05, 3.63) is 43.9 Å². The van der Waals surface area contributed by atoms with Crippen molar-refractivity contribution in [1.29, 1.82) is 0 Å². The highest BCUT2D eigenvalue weighted by molar-refractivity contribution is 7.15. The van der Waals surface area contributed by atoms with Gasteiger partial charge in [-0.1, -0.05) is 35.1 Å². The topological polar surface area (TPSA) is 94.9 Å². The first-order chi connectivity index (χ1) is 8.56. The monoisotopic (exact) mass is 282 g/mol. The van der Waals surface area contributed by atoms with E-state index in [-0.39, 0.29) is 10.7 Å². The minimum Gasteiger partial charge on any atom is -0.374 e. The van der Waals surface area contributed by atoms with Crippen molar-refractivity contribution in [2.45, 2.75) is 0 Å². The van der Waals surface area contributed by atoms with Crippen molar-refractivity contribution in [2.75, 3.05) is 5.73 Å². The Morgan fingerprint density at radius 1 is 1.39 bits per heavy atom. The van der Waals surface area contributed by atoms with Crippen LogP contribution in [0.1, 0.15) is 10.6 Å². The molecule has 0 saturated heterocycles. The summed E-state index contributed by atoms with van der Waals surface area (Å²) < 4.78 is 0. The number of nitrogen functional groups attached to an aromatic ring is 1. The number of halogens is 1. The number of aromatic nitrogens is 2. The summed E-state index contributed by atoms with van der Waals surface area (Å²) in [6.07, 6.45) is 3.37. The highest BCUT2D eigenvalue weighted by Gasteiger charge is 2.11.